The second-order valence-electron chi connectivity index (χ2n) is 3.72. The standard InChI is InChI=1S/C12H11N3/c1-7-14-10-4-2-3-8-9(13)5-6-11(15-7)12(8)10/h2-6H,13H2,1H3,(H,14,15). The first kappa shape index (κ1) is 8.29. The van der Waals surface area contributed by atoms with Gasteiger partial charge in [-0.15, -0.1) is 0 Å². The third-order valence-corrected chi connectivity index (χ3v) is 2.66. The summed E-state index contributed by atoms with van der Waals surface area (Å²) in [5.41, 5.74) is 8.81. The van der Waals surface area contributed by atoms with E-state index in [-0.39, 0.29) is 0 Å². The molecule has 0 spiro atoms. The maximum atomic E-state index is 5.93. The van der Waals surface area contributed by atoms with Gasteiger partial charge in [0.2, 0.25) is 0 Å². The van der Waals surface area contributed by atoms with Crippen molar-refractivity contribution in [1.82, 2.24) is 0 Å². The Morgan fingerprint density at radius 2 is 2.07 bits per heavy atom. The number of hydrogen-bond acceptors (Lipinski definition) is 3. The number of anilines is 2. The molecule has 0 amide bonds. The number of hydrogen-bond donors (Lipinski definition) is 2. The van der Waals surface area contributed by atoms with Crippen molar-refractivity contribution in [2.24, 2.45) is 4.99 Å². The SMILES string of the molecule is CC1=Nc2ccc(N)c3cccc(c23)N1. The molecule has 0 atom stereocenters. The molecule has 0 aromatic heterocycles. The summed E-state index contributed by atoms with van der Waals surface area (Å²) < 4.78 is 0. The van der Waals surface area contributed by atoms with Crippen molar-refractivity contribution in [3.05, 3.63) is 30.3 Å². The lowest BCUT2D eigenvalue weighted by Crippen LogP contribution is -2.10. The molecule has 0 saturated carbocycles. The molecular formula is C12H11N3. The van der Waals surface area contributed by atoms with Crippen LogP contribution in [0, 0.1) is 0 Å². The minimum absolute atomic E-state index is 0.798. The van der Waals surface area contributed by atoms with Gasteiger partial charge in [0.15, 0.2) is 0 Å². The Kier molecular flexibility index (Phi) is 1.51. The second kappa shape index (κ2) is 2.73. The Labute approximate surface area is 87.6 Å². The lowest BCUT2D eigenvalue weighted by molar-refractivity contribution is 1.46. The molecule has 0 unspecified atom stereocenters. The zero-order valence-electron chi connectivity index (χ0n) is 8.41. The fourth-order valence-corrected chi connectivity index (χ4v) is 2.01. The number of rotatable bonds is 0. The minimum Gasteiger partial charge on any atom is -0.398 e. The van der Waals surface area contributed by atoms with Gasteiger partial charge in [0.25, 0.3) is 0 Å². The molecule has 0 aliphatic carbocycles. The highest BCUT2D eigenvalue weighted by Crippen LogP contribution is 2.38. The van der Waals surface area contributed by atoms with Crippen LogP contribution >= 0.6 is 0 Å². The Morgan fingerprint density at radius 1 is 1.20 bits per heavy atom. The molecule has 2 aromatic rings. The lowest BCUT2D eigenvalue weighted by atomic mass is 10.0. The number of nitrogens with two attached hydrogens (primary N) is 1. The summed E-state index contributed by atoms with van der Waals surface area (Å²) in [5.74, 6) is 0.916. The first-order valence-electron chi connectivity index (χ1n) is 4.89. The highest BCUT2D eigenvalue weighted by molar-refractivity contribution is 6.15. The van der Waals surface area contributed by atoms with E-state index in [0.717, 1.165) is 33.7 Å². The van der Waals surface area contributed by atoms with Gasteiger partial charge >= 0.3 is 0 Å². The van der Waals surface area contributed by atoms with Crippen LogP contribution in [0.3, 0.4) is 0 Å². The molecule has 0 saturated heterocycles. The van der Waals surface area contributed by atoms with Crippen molar-refractivity contribution >= 4 is 33.7 Å². The number of amidine groups is 1. The fraction of sp³-hybridized carbons (Fsp3) is 0.0833. The van der Waals surface area contributed by atoms with E-state index in [1.807, 2.05) is 37.3 Å². The van der Waals surface area contributed by atoms with E-state index in [9.17, 15) is 0 Å². The zero-order chi connectivity index (χ0) is 10.4. The third-order valence-electron chi connectivity index (χ3n) is 2.66. The van der Waals surface area contributed by atoms with Gasteiger partial charge in [-0.05, 0) is 25.1 Å². The number of nitrogens with zero attached hydrogens (tertiary/aromatic N) is 1. The van der Waals surface area contributed by atoms with E-state index in [4.69, 9.17) is 5.73 Å². The molecule has 0 radical (unpaired) electrons. The van der Waals surface area contributed by atoms with Crippen LogP contribution in [0.2, 0.25) is 0 Å². The van der Waals surface area contributed by atoms with E-state index in [0.29, 0.717) is 0 Å². The summed E-state index contributed by atoms with van der Waals surface area (Å²) in [6.45, 7) is 1.96. The van der Waals surface area contributed by atoms with Crippen molar-refractivity contribution < 1.29 is 0 Å². The Morgan fingerprint density at radius 3 is 2.93 bits per heavy atom. The highest BCUT2D eigenvalue weighted by atomic mass is 15.0. The van der Waals surface area contributed by atoms with Gasteiger partial charge in [-0.2, -0.15) is 0 Å². The minimum atomic E-state index is 0.798. The monoisotopic (exact) mass is 197 g/mol. The largest absolute Gasteiger partial charge is 0.398 e. The smallest absolute Gasteiger partial charge is 0.103 e. The van der Waals surface area contributed by atoms with Gasteiger partial charge in [0.1, 0.15) is 5.84 Å². The predicted molar refractivity (Wildman–Crippen MR) is 64.8 cm³/mol. The quantitative estimate of drug-likeness (QED) is 0.638. The summed E-state index contributed by atoms with van der Waals surface area (Å²) in [4.78, 5) is 4.46. The first-order chi connectivity index (χ1) is 7.25. The topological polar surface area (TPSA) is 50.4 Å². The Hall–Kier alpha value is -2.03. The normalized spacial score (nSPS) is 13.5. The summed E-state index contributed by atoms with van der Waals surface area (Å²) in [6, 6.07) is 9.94. The molecule has 2 aromatic carbocycles. The van der Waals surface area contributed by atoms with Gasteiger partial charge in [0, 0.05) is 22.1 Å². The maximum absolute atomic E-state index is 5.93. The molecule has 3 heteroatoms. The van der Waals surface area contributed by atoms with E-state index < -0.39 is 0 Å². The maximum Gasteiger partial charge on any atom is 0.103 e. The van der Waals surface area contributed by atoms with Gasteiger partial charge in [-0.3, -0.25) is 0 Å². The molecule has 3 nitrogen and oxygen atoms in total. The van der Waals surface area contributed by atoms with Crippen LogP contribution in [0.25, 0.3) is 10.8 Å². The van der Waals surface area contributed by atoms with Crippen molar-refractivity contribution in [2.75, 3.05) is 11.1 Å². The number of aliphatic imine (C=N–C) groups is 1. The molecule has 1 heterocycles. The highest BCUT2D eigenvalue weighted by Gasteiger charge is 2.12. The van der Waals surface area contributed by atoms with Crippen molar-refractivity contribution in [3.63, 3.8) is 0 Å². The van der Waals surface area contributed by atoms with Crippen LogP contribution in [0.15, 0.2) is 35.3 Å². The molecule has 3 rings (SSSR count). The molecule has 0 bridgehead atoms. The zero-order valence-corrected chi connectivity index (χ0v) is 8.41. The van der Waals surface area contributed by atoms with Crippen LogP contribution < -0.4 is 11.1 Å². The summed E-state index contributed by atoms with van der Waals surface area (Å²) >= 11 is 0. The third kappa shape index (κ3) is 1.09. The summed E-state index contributed by atoms with van der Waals surface area (Å²) in [7, 11) is 0. The molecule has 1 aliphatic heterocycles. The number of nitrogens with one attached hydrogen (secondary N) is 1. The van der Waals surface area contributed by atoms with Crippen molar-refractivity contribution in [2.45, 2.75) is 6.92 Å². The molecule has 74 valence electrons. The van der Waals surface area contributed by atoms with E-state index >= 15 is 0 Å². The van der Waals surface area contributed by atoms with E-state index in [1.54, 1.807) is 0 Å². The van der Waals surface area contributed by atoms with Gasteiger partial charge in [-0.1, -0.05) is 12.1 Å². The molecular weight excluding hydrogens is 186 g/mol. The summed E-state index contributed by atoms with van der Waals surface area (Å²) in [5, 5.41) is 5.42. The number of nitrogen functional groups attached to an aromatic ring is 1. The average molecular weight is 197 g/mol. The summed E-state index contributed by atoms with van der Waals surface area (Å²) in [6.07, 6.45) is 0. The van der Waals surface area contributed by atoms with E-state index in [2.05, 4.69) is 10.3 Å². The molecule has 1 aliphatic rings. The molecule has 0 fully saturated rings. The van der Waals surface area contributed by atoms with Crippen LogP contribution in [0.1, 0.15) is 6.92 Å². The van der Waals surface area contributed by atoms with E-state index in [1.165, 1.54) is 0 Å². The molecule has 3 N–H and O–H groups in total. The number of benzene rings is 2. The van der Waals surface area contributed by atoms with Gasteiger partial charge < -0.3 is 11.1 Å². The lowest BCUT2D eigenvalue weighted by Gasteiger charge is -2.17. The van der Waals surface area contributed by atoms with Crippen LogP contribution in [0.5, 0.6) is 0 Å². The van der Waals surface area contributed by atoms with Crippen molar-refractivity contribution in [1.29, 1.82) is 0 Å². The fourth-order valence-electron chi connectivity index (χ4n) is 2.01. The second-order valence-corrected chi connectivity index (χ2v) is 3.72. The first-order valence-corrected chi connectivity index (χ1v) is 4.89. The Balaban J connectivity index is 2.51. The van der Waals surface area contributed by atoms with Crippen LogP contribution in [-0.2, 0) is 0 Å². The predicted octanol–water partition coefficient (Wildman–Crippen LogP) is 2.90. The molecule has 15 heavy (non-hydrogen) atoms. The average Bonchev–Trinajstić information content (AvgIpc) is 2.23. The van der Waals surface area contributed by atoms with Gasteiger partial charge in [-0.25, -0.2) is 4.99 Å². The van der Waals surface area contributed by atoms with Crippen molar-refractivity contribution in [3.8, 4) is 0 Å². The van der Waals surface area contributed by atoms with Gasteiger partial charge in [0.05, 0.1) is 5.69 Å². The Bertz CT molecular complexity index is 585. The van der Waals surface area contributed by atoms with Crippen LogP contribution in [-0.4, -0.2) is 5.84 Å². The van der Waals surface area contributed by atoms with Crippen LogP contribution in [0.4, 0.5) is 17.1 Å².